The van der Waals surface area contributed by atoms with E-state index in [4.69, 9.17) is 4.74 Å². The van der Waals surface area contributed by atoms with E-state index in [2.05, 4.69) is 52.0 Å². The van der Waals surface area contributed by atoms with Crippen LogP contribution in [0, 0.1) is 6.92 Å². The molecule has 1 radical (unpaired) electrons. The summed E-state index contributed by atoms with van der Waals surface area (Å²) in [5, 5.41) is 0. The molecular formula is C13H19O. The highest BCUT2D eigenvalue weighted by molar-refractivity contribution is 5.27. The van der Waals surface area contributed by atoms with E-state index in [1.165, 1.54) is 11.1 Å². The van der Waals surface area contributed by atoms with Crippen LogP contribution in [0.3, 0.4) is 0 Å². The SMILES string of the molecule is [CH2]COCc1ccc(C(C)(C)C)cc1. The molecule has 0 saturated heterocycles. The second-order valence-corrected chi connectivity index (χ2v) is 4.50. The van der Waals surface area contributed by atoms with Gasteiger partial charge in [-0.25, -0.2) is 0 Å². The van der Waals surface area contributed by atoms with Gasteiger partial charge in [0.25, 0.3) is 0 Å². The normalized spacial score (nSPS) is 11.7. The summed E-state index contributed by atoms with van der Waals surface area (Å²) in [6.07, 6.45) is 0. The van der Waals surface area contributed by atoms with Crippen LogP contribution < -0.4 is 0 Å². The van der Waals surface area contributed by atoms with Crippen molar-refractivity contribution in [1.29, 1.82) is 0 Å². The first-order chi connectivity index (χ1) is 6.54. The molecule has 0 saturated carbocycles. The molecule has 1 aromatic carbocycles. The molecule has 1 rings (SSSR count). The van der Waals surface area contributed by atoms with Crippen LogP contribution in [0.1, 0.15) is 31.9 Å². The lowest BCUT2D eigenvalue weighted by molar-refractivity contribution is 0.147. The predicted molar refractivity (Wildman–Crippen MR) is 60.2 cm³/mol. The van der Waals surface area contributed by atoms with Crippen LogP contribution >= 0.6 is 0 Å². The molecule has 0 heterocycles. The van der Waals surface area contributed by atoms with Crippen molar-refractivity contribution in [3.8, 4) is 0 Å². The third-order valence-corrected chi connectivity index (χ3v) is 2.23. The van der Waals surface area contributed by atoms with Crippen molar-refractivity contribution in [3.05, 3.63) is 42.3 Å². The fourth-order valence-corrected chi connectivity index (χ4v) is 1.29. The molecule has 1 heteroatoms. The van der Waals surface area contributed by atoms with Crippen LogP contribution in [-0.4, -0.2) is 6.61 Å². The molecule has 0 aliphatic carbocycles. The lowest BCUT2D eigenvalue weighted by Crippen LogP contribution is -2.10. The summed E-state index contributed by atoms with van der Waals surface area (Å²) in [7, 11) is 0. The van der Waals surface area contributed by atoms with Gasteiger partial charge in [-0.3, -0.25) is 0 Å². The van der Waals surface area contributed by atoms with Gasteiger partial charge < -0.3 is 4.74 Å². The van der Waals surface area contributed by atoms with E-state index in [1.807, 2.05) is 0 Å². The van der Waals surface area contributed by atoms with Gasteiger partial charge in [0, 0.05) is 6.61 Å². The standard InChI is InChI=1S/C13H19O/c1-5-14-10-11-6-8-12(9-7-11)13(2,3)4/h6-9H,1,5,10H2,2-4H3. The first-order valence-corrected chi connectivity index (χ1v) is 5.00. The van der Waals surface area contributed by atoms with Crippen molar-refractivity contribution < 1.29 is 4.74 Å². The molecule has 0 N–H and O–H groups in total. The van der Waals surface area contributed by atoms with E-state index in [9.17, 15) is 0 Å². The number of hydrogen-bond donors (Lipinski definition) is 0. The van der Waals surface area contributed by atoms with Gasteiger partial charge in [0.2, 0.25) is 0 Å². The Morgan fingerprint density at radius 3 is 2.14 bits per heavy atom. The van der Waals surface area contributed by atoms with Gasteiger partial charge in [0.05, 0.1) is 6.61 Å². The molecule has 0 unspecified atom stereocenters. The Kier molecular flexibility index (Phi) is 3.70. The van der Waals surface area contributed by atoms with Crippen LogP contribution in [0.25, 0.3) is 0 Å². The first kappa shape index (κ1) is 11.3. The molecule has 1 aromatic rings. The second kappa shape index (κ2) is 4.61. The number of ether oxygens (including phenoxy) is 1. The van der Waals surface area contributed by atoms with Crippen LogP contribution in [0.4, 0.5) is 0 Å². The molecule has 77 valence electrons. The number of hydrogen-bond acceptors (Lipinski definition) is 1. The maximum atomic E-state index is 5.23. The van der Waals surface area contributed by atoms with E-state index < -0.39 is 0 Å². The van der Waals surface area contributed by atoms with Gasteiger partial charge in [-0.2, -0.15) is 0 Å². The largest absolute Gasteiger partial charge is 0.377 e. The van der Waals surface area contributed by atoms with Gasteiger partial charge in [0.15, 0.2) is 0 Å². The zero-order chi connectivity index (χ0) is 10.6. The van der Waals surface area contributed by atoms with Crippen molar-refractivity contribution in [3.63, 3.8) is 0 Å². The summed E-state index contributed by atoms with van der Waals surface area (Å²) in [4.78, 5) is 0. The monoisotopic (exact) mass is 191 g/mol. The predicted octanol–water partition coefficient (Wildman–Crippen LogP) is 3.33. The lowest BCUT2D eigenvalue weighted by Gasteiger charge is -2.19. The van der Waals surface area contributed by atoms with Gasteiger partial charge in [-0.15, -0.1) is 0 Å². The fourth-order valence-electron chi connectivity index (χ4n) is 1.29. The Balaban J connectivity index is 2.69. The average molecular weight is 191 g/mol. The van der Waals surface area contributed by atoms with Crippen molar-refractivity contribution in [2.45, 2.75) is 32.8 Å². The third kappa shape index (κ3) is 3.15. The molecule has 0 atom stereocenters. The topological polar surface area (TPSA) is 9.23 Å². The summed E-state index contributed by atoms with van der Waals surface area (Å²) < 4.78 is 5.23. The lowest BCUT2D eigenvalue weighted by atomic mass is 9.87. The molecular weight excluding hydrogens is 172 g/mol. The van der Waals surface area contributed by atoms with Gasteiger partial charge in [-0.1, -0.05) is 45.0 Å². The minimum Gasteiger partial charge on any atom is -0.377 e. The van der Waals surface area contributed by atoms with E-state index in [1.54, 1.807) is 0 Å². The Hall–Kier alpha value is -0.820. The maximum absolute atomic E-state index is 5.23. The molecule has 0 aliphatic rings. The zero-order valence-corrected chi connectivity index (χ0v) is 9.34. The smallest absolute Gasteiger partial charge is 0.0716 e. The number of benzene rings is 1. The molecule has 0 aromatic heterocycles. The van der Waals surface area contributed by atoms with E-state index in [0.29, 0.717) is 13.2 Å². The van der Waals surface area contributed by atoms with Gasteiger partial charge in [-0.05, 0) is 23.5 Å². The first-order valence-electron chi connectivity index (χ1n) is 5.00. The van der Waals surface area contributed by atoms with Crippen LogP contribution in [0.5, 0.6) is 0 Å². The van der Waals surface area contributed by atoms with Crippen LogP contribution in [0.2, 0.25) is 0 Å². The summed E-state index contributed by atoms with van der Waals surface area (Å²) in [5.41, 5.74) is 2.80. The Morgan fingerprint density at radius 1 is 1.14 bits per heavy atom. The average Bonchev–Trinajstić information content (AvgIpc) is 2.14. The molecule has 0 bridgehead atoms. The van der Waals surface area contributed by atoms with E-state index >= 15 is 0 Å². The highest BCUT2D eigenvalue weighted by Gasteiger charge is 2.12. The minimum atomic E-state index is 0.228. The molecule has 0 fully saturated rings. The molecule has 0 spiro atoms. The summed E-state index contributed by atoms with van der Waals surface area (Å²) in [6.45, 7) is 11.5. The van der Waals surface area contributed by atoms with E-state index in [-0.39, 0.29) is 5.41 Å². The molecule has 0 amide bonds. The highest BCUT2D eigenvalue weighted by Crippen LogP contribution is 2.22. The quantitative estimate of drug-likeness (QED) is 0.712. The van der Waals surface area contributed by atoms with Crippen molar-refractivity contribution in [1.82, 2.24) is 0 Å². The van der Waals surface area contributed by atoms with Crippen molar-refractivity contribution in [2.24, 2.45) is 0 Å². The van der Waals surface area contributed by atoms with Crippen molar-refractivity contribution >= 4 is 0 Å². The Labute approximate surface area is 87.1 Å². The maximum Gasteiger partial charge on any atom is 0.0716 e. The summed E-state index contributed by atoms with van der Waals surface area (Å²) >= 11 is 0. The zero-order valence-electron chi connectivity index (χ0n) is 9.34. The third-order valence-electron chi connectivity index (χ3n) is 2.23. The summed E-state index contributed by atoms with van der Waals surface area (Å²) in [5.74, 6) is 0. The molecule has 0 aliphatic heterocycles. The van der Waals surface area contributed by atoms with Gasteiger partial charge in [0.1, 0.15) is 0 Å². The minimum absolute atomic E-state index is 0.228. The fraction of sp³-hybridized carbons (Fsp3) is 0.462. The Morgan fingerprint density at radius 2 is 1.71 bits per heavy atom. The van der Waals surface area contributed by atoms with E-state index in [0.717, 1.165) is 0 Å². The van der Waals surface area contributed by atoms with Crippen LogP contribution in [-0.2, 0) is 16.8 Å². The molecule has 1 nitrogen and oxygen atoms in total. The summed E-state index contributed by atoms with van der Waals surface area (Å²) in [6, 6.07) is 8.58. The second-order valence-electron chi connectivity index (χ2n) is 4.50. The van der Waals surface area contributed by atoms with Crippen LogP contribution in [0.15, 0.2) is 24.3 Å². The highest BCUT2D eigenvalue weighted by atomic mass is 16.5. The van der Waals surface area contributed by atoms with Gasteiger partial charge >= 0.3 is 0 Å². The molecule has 14 heavy (non-hydrogen) atoms. The number of rotatable bonds is 3. The Bertz CT molecular complexity index is 266. The van der Waals surface area contributed by atoms with Crippen molar-refractivity contribution in [2.75, 3.05) is 6.61 Å².